The van der Waals surface area contributed by atoms with Gasteiger partial charge in [-0.25, -0.2) is 15.0 Å². The number of hydrogen-bond acceptors (Lipinski definition) is 8. The Balaban J connectivity index is 1.78. The molecule has 1 fully saturated rings. The van der Waals surface area contributed by atoms with Gasteiger partial charge in [0.15, 0.2) is 11.6 Å². The monoisotopic (exact) mass is 409 g/mol. The van der Waals surface area contributed by atoms with Gasteiger partial charge in [0.25, 0.3) is 0 Å². The lowest BCUT2D eigenvalue weighted by molar-refractivity contribution is 0.122. The minimum absolute atomic E-state index is 0.148. The molecule has 0 bridgehead atoms. The SMILES string of the molecule is N#CCCN(Cc1ccccc1)c1ncnc2c(N3CCOCC3)nc(Cl)nc12. The molecule has 1 aliphatic rings. The van der Waals surface area contributed by atoms with E-state index in [0.29, 0.717) is 68.5 Å². The zero-order valence-corrected chi connectivity index (χ0v) is 16.6. The Morgan fingerprint density at radius 2 is 1.90 bits per heavy atom. The van der Waals surface area contributed by atoms with Crippen molar-refractivity contribution in [1.82, 2.24) is 19.9 Å². The molecule has 1 saturated heterocycles. The third kappa shape index (κ3) is 4.36. The fourth-order valence-electron chi connectivity index (χ4n) is 3.37. The molecular weight excluding hydrogens is 390 g/mol. The maximum absolute atomic E-state index is 9.13. The second-order valence-corrected chi connectivity index (χ2v) is 6.96. The average molecular weight is 410 g/mol. The van der Waals surface area contributed by atoms with Crippen LogP contribution in [0.2, 0.25) is 5.28 Å². The van der Waals surface area contributed by atoms with Crippen LogP contribution in [0.5, 0.6) is 0 Å². The number of hydrogen-bond donors (Lipinski definition) is 0. The summed E-state index contributed by atoms with van der Waals surface area (Å²) in [6, 6.07) is 12.3. The second kappa shape index (κ2) is 8.99. The second-order valence-electron chi connectivity index (χ2n) is 6.63. The van der Waals surface area contributed by atoms with Gasteiger partial charge in [0.2, 0.25) is 5.28 Å². The van der Waals surface area contributed by atoms with Crippen LogP contribution in [-0.4, -0.2) is 52.8 Å². The molecule has 0 unspecified atom stereocenters. The van der Waals surface area contributed by atoms with Gasteiger partial charge in [0, 0.05) is 26.2 Å². The van der Waals surface area contributed by atoms with Crippen LogP contribution in [0.1, 0.15) is 12.0 Å². The number of halogens is 1. The number of fused-ring (bicyclic) bond motifs is 1. The topological polar surface area (TPSA) is 91.1 Å². The first-order chi connectivity index (χ1) is 14.3. The van der Waals surface area contributed by atoms with Crippen LogP contribution in [0.3, 0.4) is 0 Å². The van der Waals surface area contributed by atoms with E-state index < -0.39 is 0 Å². The van der Waals surface area contributed by atoms with Crippen LogP contribution in [-0.2, 0) is 11.3 Å². The lowest BCUT2D eigenvalue weighted by Gasteiger charge is -2.29. The van der Waals surface area contributed by atoms with E-state index in [0.717, 1.165) is 5.56 Å². The Labute approximate surface area is 173 Å². The van der Waals surface area contributed by atoms with E-state index in [1.807, 2.05) is 35.2 Å². The summed E-state index contributed by atoms with van der Waals surface area (Å²) in [5, 5.41) is 9.27. The molecule has 0 aliphatic carbocycles. The van der Waals surface area contributed by atoms with E-state index in [1.165, 1.54) is 6.33 Å². The van der Waals surface area contributed by atoms with Crippen molar-refractivity contribution in [2.45, 2.75) is 13.0 Å². The smallest absolute Gasteiger partial charge is 0.225 e. The van der Waals surface area contributed by atoms with Crippen molar-refractivity contribution in [3.05, 3.63) is 47.5 Å². The van der Waals surface area contributed by atoms with E-state index in [9.17, 15) is 0 Å². The van der Waals surface area contributed by atoms with Crippen molar-refractivity contribution >= 4 is 34.3 Å². The third-order valence-electron chi connectivity index (χ3n) is 4.74. The van der Waals surface area contributed by atoms with Gasteiger partial charge >= 0.3 is 0 Å². The van der Waals surface area contributed by atoms with E-state index in [4.69, 9.17) is 21.6 Å². The molecule has 0 atom stereocenters. The molecule has 3 heterocycles. The number of aromatic nitrogens is 4. The van der Waals surface area contributed by atoms with Gasteiger partial charge in [0.05, 0.1) is 25.7 Å². The highest BCUT2D eigenvalue weighted by molar-refractivity contribution is 6.29. The van der Waals surface area contributed by atoms with Crippen LogP contribution in [0, 0.1) is 11.3 Å². The molecule has 0 spiro atoms. The van der Waals surface area contributed by atoms with Gasteiger partial charge in [0.1, 0.15) is 17.4 Å². The Hall–Kier alpha value is -3.02. The first kappa shape index (κ1) is 19.3. The zero-order valence-electron chi connectivity index (χ0n) is 15.8. The molecule has 0 N–H and O–H groups in total. The molecule has 8 nitrogen and oxygen atoms in total. The number of rotatable bonds is 6. The van der Waals surface area contributed by atoms with Gasteiger partial charge < -0.3 is 14.5 Å². The molecule has 0 radical (unpaired) electrons. The molecule has 4 rings (SSSR count). The Morgan fingerprint density at radius 3 is 2.66 bits per heavy atom. The zero-order chi connectivity index (χ0) is 20.1. The highest BCUT2D eigenvalue weighted by Gasteiger charge is 2.22. The molecule has 0 saturated carbocycles. The maximum Gasteiger partial charge on any atom is 0.225 e. The molecule has 0 amide bonds. The summed E-state index contributed by atoms with van der Waals surface area (Å²) in [5.41, 5.74) is 2.35. The van der Waals surface area contributed by atoms with Crippen molar-refractivity contribution in [2.75, 3.05) is 42.6 Å². The highest BCUT2D eigenvalue weighted by atomic mass is 35.5. The van der Waals surface area contributed by atoms with Crippen molar-refractivity contribution in [3.8, 4) is 6.07 Å². The van der Waals surface area contributed by atoms with E-state index >= 15 is 0 Å². The van der Waals surface area contributed by atoms with Crippen LogP contribution >= 0.6 is 11.6 Å². The number of nitrogens with zero attached hydrogens (tertiary/aromatic N) is 7. The molecule has 148 valence electrons. The van der Waals surface area contributed by atoms with Crippen molar-refractivity contribution in [2.24, 2.45) is 0 Å². The predicted molar refractivity (Wildman–Crippen MR) is 111 cm³/mol. The largest absolute Gasteiger partial charge is 0.378 e. The summed E-state index contributed by atoms with van der Waals surface area (Å²) < 4.78 is 5.45. The van der Waals surface area contributed by atoms with Crippen molar-refractivity contribution < 1.29 is 4.74 Å². The Morgan fingerprint density at radius 1 is 1.10 bits per heavy atom. The van der Waals surface area contributed by atoms with E-state index in [-0.39, 0.29) is 5.28 Å². The lowest BCUT2D eigenvalue weighted by Crippen LogP contribution is -2.37. The maximum atomic E-state index is 9.13. The van der Waals surface area contributed by atoms with Gasteiger partial charge in [-0.1, -0.05) is 30.3 Å². The van der Waals surface area contributed by atoms with E-state index in [1.54, 1.807) is 0 Å². The minimum Gasteiger partial charge on any atom is -0.378 e. The predicted octanol–water partition coefficient (Wildman–Crippen LogP) is 2.83. The summed E-state index contributed by atoms with van der Waals surface area (Å²) >= 11 is 6.28. The first-order valence-corrected chi connectivity index (χ1v) is 9.81. The lowest BCUT2D eigenvalue weighted by atomic mass is 10.2. The molecule has 1 aromatic carbocycles. The first-order valence-electron chi connectivity index (χ1n) is 9.43. The van der Waals surface area contributed by atoms with Crippen molar-refractivity contribution in [3.63, 3.8) is 0 Å². The number of benzene rings is 1. The normalized spacial score (nSPS) is 14.0. The third-order valence-corrected chi connectivity index (χ3v) is 4.91. The number of nitriles is 1. The fourth-order valence-corrected chi connectivity index (χ4v) is 3.53. The highest BCUT2D eigenvalue weighted by Crippen LogP contribution is 2.30. The number of ether oxygens (including phenoxy) is 1. The Bertz CT molecular complexity index is 1020. The molecular formula is C20H20ClN7O. The average Bonchev–Trinajstić information content (AvgIpc) is 2.77. The fraction of sp³-hybridized carbons (Fsp3) is 0.350. The molecule has 3 aromatic rings. The van der Waals surface area contributed by atoms with Crippen LogP contribution in [0.25, 0.3) is 11.0 Å². The molecule has 2 aromatic heterocycles. The van der Waals surface area contributed by atoms with Crippen LogP contribution in [0.15, 0.2) is 36.7 Å². The van der Waals surface area contributed by atoms with Gasteiger partial charge in [-0.2, -0.15) is 10.2 Å². The summed E-state index contributed by atoms with van der Waals surface area (Å²) in [6.45, 7) is 3.80. The van der Waals surface area contributed by atoms with E-state index in [2.05, 4.69) is 30.9 Å². The summed E-state index contributed by atoms with van der Waals surface area (Å²) in [4.78, 5) is 22.0. The van der Waals surface area contributed by atoms with Gasteiger partial charge in [-0.15, -0.1) is 0 Å². The van der Waals surface area contributed by atoms with Gasteiger partial charge in [-0.05, 0) is 17.2 Å². The number of anilines is 2. The summed E-state index contributed by atoms with van der Waals surface area (Å²) in [7, 11) is 0. The molecule has 1 aliphatic heterocycles. The van der Waals surface area contributed by atoms with Crippen LogP contribution < -0.4 is 9.80 Å². The quantitative estimate of drug-likeness (QED) is 0.574. The number of morpholine rings is 1. The van der Waals surface area contributed by atoms with Crippen molar-refractivity contribution in [1.29, 1.82) is 5.26 Å². The molecule has 29 heavy (non-hydrogen) atoms. The van der Waals surface area contributed by atoms with Gasteiger partial charge in [-0.3, -0.25) is 0 Å². The Kier molecular flexibility index (Phi) is 5.98. The standard InChI is InChI=1S/C20H20ClN7O/c21-20-25-17-16(19(26-20)27-9-11-29-12-10-27)23-14-24-18(17)28(8-4-7-22)13-15-5-2-1-3-6-15/h1-3,5-6,14H,4,8-13H2. The van der Waals surface area contributed by atoms with Crippen LogP contribution in [0.4, 0.5) is 11.6 Å². The summed E-state index contributed by atoms with van der Waals surface area (Å²) in [6.07, 6.45) is 1.89. The minimum atomic E-state index is 0.148. The summed E-state index contributed by atoms with van der Waals surface area (Å²) in [5.74, 6) is 1.33. The molecule has 9 heteroatoms.